The maximum absolute atomic E-state index is 12.9. The highest BCUT2D eigenvalue weighted by atomic mass is 35.5. The van der Waals surface area contributed by atoms with Gasteiger partial charge in [-0.2, -0.15) is 9.94 Å². The van der Waals surface area contributed by atoms with Crippen LogP contribution in [0.3, 0.4) is 0 Å². The number of hydrogen-bond acceptors (Lipinski definition) is 5. The van der Waals surface area contributed by atoms with Gasteiger partial charge in [-0.15, -0.1) is 5.10 Å². The molecule has 0 bridgehead atoms. The number of carbonyl (C=O) groups excluding carboxylic acids is 1. The molecule has 0 aliphatic carbocycles. The molecule has 8 heteroatoms. The first-order valence-electron chi connectivity index (χ1n) is 9.13. The van der Waals surface area contributed by atoms with Crippen LogP contribution in [0.25, 0.3) is 16.8 Å². The van der Waals surface area contributed by atoms with E-state index in [9.17, 15) is 10.1 Å². The molecular weight excluding hydrogens is 388 g/mol. The van der Waals surface area contributed by atoms with Crippen molar-refractivity contribution in [1.29, 1.82) is 5.26 Å². The lowest BCUT2D eigenvalue weighted by atomic mass is 10.0. The van der Waals surface area contributed by atoms with Crippen molar-refractivity contribution in [2.75, 3.05) is 0 Å². The van der Waals surface area contributed by atoms with Crippen LogP contribution in [0.15, 0.2) is 42.5 Å². The Morgan fingerprint density at radius 3 is 2.48 bits per heavy atom. The van der Waals surface area contributed by atoms with E-state index < -0.39 is 5.54 Å². The van der Waals surface area contributed by atoms with E-state index in [1.165, 1.54) is 0 Å². The summed E-state index contributed by atoms with van der Waals surface area (Å²) < 4.78 is 1.62. The van der Waals surface area contributed by atoms with Crippen molar-refractivity contribution in [3.05, 3.63) is 58.9 Å². The molecule has 0 saturated heterocycles. The summed E-state index contributed by atoms with van der Waals surface area (Å²) >= 11 is 6.01. The number of carbonyl (C=O) groups is 1. The van der Waals surface area contributed by atoms with E-state index in [1.807, 2.05) is 32.0 Å². The predicted molar refractivity (Wildman–Crippen MR) is 111 cm³/mol. The van der Waals surface area contributed by atoms with Crippen LogP contribution in [-0.4, -0.2) is 31.7 Å². The average molecular weight is 409 g/mol. The normalized spacial score (nSPS) is 11.3. The molecule has 1 N–H and O–H groups in total. The second-order valence-corrected chi connectivity index (χ2v) is 8.01. The Morgan fingerprint density at radius 1 is 1.17 bits per heavy atom. The molecule has 0 spiro atoms. The van der Waals surface area contributed by atoms with Gasteiger partial charge in [0, 0.05) is 16.5 Å². The Kier molecular flexibility index (Phi) is 5.66. The minimum absolute atomic E-state index is 0.0963. The first-order valence-corrected chi connectivity index (χ1v) is 9.51. The minimum atomic E-state index is -0.995. The zero-order chi connectivity index (χ0) is 21.2. The van der Waals surface area contributed by atoms with Crippen LogP contribution < -0.4 is 5.32 Å². The molecule has 0 saturated carbocycles. The van der Waals surface area contributed by atoms with E-state index in [1.54, 1.807) is 42.8 Å². The number of amides is 1. The van der Waals surface area contributed by atoms with E-state index in [-0.39, 0.29) is 11.8 Å². The first kappa shape index (κ1) is 20.5. The van der Waals surface area contributed by atoms with Crippen LogP contribution >= 0.6 is 11.6 Å². The molecule has 1 amide bonds. The first-order chi connectivity index (χ1) is 13.7. The summed E-state index contributed by atoms with van der Waals surface area (Å²) in [4.78, 5) is 12.9. The summed E-state index contributed by atoms with van der Waals surface area (Å²) in [6.45, 7) is 7.28. The van der Waals surface area contributed by atoms with Crippen LogP contribution in [0, 0.1) is 11.3 Å². The van der Waals surface area contributed by atoms with E-state index in [0.717, 1.165) is 11.1 Å². The van der Waals surface area contributed by atoms with Crippen LogP contribution in [0.5, 0.6) is 0 Å². The lowest BCUT2D eigenvalue weighted by Gasteiger charge is -2.18. The van der Waals surface area contributed by atoms with Gasteiger partial charge in [0.25, 0.3) is 5.91 Å². The number of benzene rings is 2. The molecule has 3 aromatic rings. The van der Waals surface area contributed by atoms with Gasteiger partial charge in [-0.25, -0.2) is 0 Å². The number of tetrazole rings is 1. The van der Waals surface area contributed by atoms with E-state index >= 15 is 0 Å². The van der Waals surface area contributed by atoms with Crippen molar-refractivity contribution in [3.8, 4) is 22.9 Å². The number of rotatable bonds is 5. The third kappa shape index (κ3) is 4.61. The van der Waals surface area contributed by atoms with Gasteiger partial charge in [0.15, 0.2) is 5.82 Å². The lowest BCUT2D eigenvalue weighted by molar-refractivity contribution is 0.0929. The Balaban J connectivity index is 2.14. The van der Waals surface area contributed by atoms with Gasteiger partial charge in [0.1, 0.15) is 5.54 Å². The third-order valence-electron chi connectivity index (χ3n) is 4.32. The molecule has 3 rings (SSSR count). The van der Waals surface area contributed by atoms with Crippen molar-refractivity contribution in [2.45, 2.75) is 39.2 Å². The molecule has 0 aliphatic heterocycles. The van der Waals surface area contributed by atoms with Crippen LogP contribution in [0.4, 0.5) is 0 Å². The number of halogens is 1. The molecule has 29 heavy (non-hydrogen) atoms. The van der Waals surface area contributed by atoms with Gasteiger partial charge in [0.2, 0.25) is 0 Å². The Hall–Kier alpha value is -3.24. The molecular formula is C21H21ClN6O. The molecule has 0 radical (unpaired) electrons. The molecule has 7 nitrogen and oxygen atoms in total. The summed E-state index contributed by atoms with van der Waals surface area (Å²) in [6, 6.07) is 14.8. The number of aromatic nitrogens is 4. The van der Waals surface area contributed by atoms with Gasteiger partial charge in [-0.05, 0) is 65.7 Å². The van der Waals surface area contributed by atoms with Gasteiger partial charge in [0.05, 0.1) is 11.8 Å². The summed E-state index contributed by atoms with van der Waals surface area (Å²) in [6.07, 6.45) is 0. The summed E-state index contributed by atoms with van der Waals surface area (Å²) in [5.41, 5.74) is 1.77. The smallest absolute Gasteiger partial charge is 0.252 e. The van der Waals surface area contributed by atoms with Crippen LogP contribution in [0.2, 0.25) is 5.02 Å². The van der Waals surface area contributed by atoms with Gasteiger partial charge in [-0.1, -0.05) is 37.6 Å². The maximum Gasteiger partial charge on any atom is 0.252 e. The predicted octanol–water partition coefficient (Wildman–Crippen LogP) is 4.14. The highest BCUT2D eigenvalue weighted by molar-refractivity contribution is 6.30. The fraction of sp³-hybridized carbons (Fsp3) is 0.286. The summed E-state index contributed by atoms with van der Waals surface area (Å²) in [5, 5.41) is 24.6. The largest absolute Gasteiger partial charge is 0.334 e. The molecule has 2 aromatic carbocycles. The van der Waals surface area contributed by atoms with Gasteiger partial charge >= 0.3 is 0 Å². The van der Waals surface area contributed by atoms with Crippen molar-refractivity contribution in [1.82, 2.24) is 25.5 Å². The molecule has 1 heterocycles. The molecule has 0 unspecified atom stereocenters. The fourth-order valence-corrected chi connectivity index (χ4v) is 2.92. The lowest BCUT2D eigenvalue weighted by Crippen LogP contribution is -2.42. The summed E-state index contributed by atoms with van der Waals surface area (Å²) in [7, 11) is 0. The van der Waals surface area contributed by atoms with Crippen molar-refractivity contribution in [3.63, 3.8) is 0 Å². The van der Waals surface area contributed by atoms with Gasteiger partial charge < -0.3 is 5.32 Å². The number of nitriles is 1. The van der Waals surface area contributed by atoms with Crippen molar-refractivity contribution < 1.29 is 4.79 Å². The third-order valence-corrected chi connectivity index (χ3v) is 4.57. The van der Waals surface area contributed by atoms with E-state index in [2.05, 4.69) is 26.9 Å². The van der Waals surface area contributed by atoms with Crippen LogP contribution in [-0.2, 0) is 0 Å². The fourth-order valence-electron chi connectivity index (χ4n) is 2.80. The second-order valence-electron chi connectivity index (χ2n) is 7.57. The Bertz CT molecular complexity index is 1080. The van der Waals surface area contributed by atoms with Crippen molar-refractivity contribution >= 4 is 17.5 Å². The molecule has 0 atom stereocenters. The van der Waals surface area contributed by atoms with Gasteiger partial charge in [-0.3, -0.25) is 4.79 Å². The zero-order valence-corrected chi connectivity index (χ0v) is 17.4. The topological polar surface area (TPSA) is 96.5 Å². The maximum atomic E-state index is 12.9. The quantitative estimate of drug-likeness (QED) is 0.684. The minimum Gasteiger partial charge on any atom is -0.334 e. The highest BCUT2D eigenvalue weighted by Crippen LogP contribution is 2.27. The highest BCUT2D eigenvalue weighted by Gasteiger charge is 2.22. The average Bonchev–Trinajstić information content (AvgIpc) is 3.18. The van der Waals surface area contributed by atoms with E-state index in [0.29, 0.717) is 22.1 Å². The SMILES string of the molecule is CC(C)c1nnnn1-c1cc(C(=O)NC(C)(C)C#N)cc(-c2ccc(Cl)cc2)c1. The molecule has 0 aliphatic rings. The number of nitrogens with zero attached hydrogens (tertiary/aromatic N) is 5. The van der Waals surface area contributed by atoms with Crippen LogP contribution in [0.1, 0.15) is 49.8 Å². The number of nitrogens with one attached hydrogen (secondary N) is 1. The summed E-state index contributed by atoms with van der Waals surface area (Å²) in [5.74, 6) is 0.425. The second kappa shape index (κ2) is 8.02. The molecule has 0 fully saturated rings. The monoisotopic (exact) mass is 408 g/mol. The molecule has 148 valence electrons. The van der Waals surface area contributed by atoms with E-state index in [4.69, 9.17) is 11.6 Å². The number of hydrogen-bond donors (Lipinski definition) is 1. The zero-order valence-electron chi connectivity index (χ0n) is 16.6. The Morgan fingerprint density at radius 2 is 1.86 bits per heavy atom. The van der Waals surface area contributed by atoms with Crippen molar-refractivity contribution in [2.24, 2.45) is 0 Å². The Labute approximate surface area is 174 Å². The standard InChI is InChI=1S/C21H21ClN6O/c1-13(2)19-25-26-27-28(19)18-10-15(14-5-7-17(22)8-6-14)9-16(11-18)20(29)24-21(3,4)12-23/h5-11,13H,1-4H3,(H,24,29). The molecule has 1 aromatic heterocycles.